The number of nitrogens with zero attached hydrogens (tertiary/aromatic N) is 2. The van der Waals surface area contributed by atoms with Crippen molar-refractivity contribution in [3.05, 3.63) is 10.6 Å². The second kappa shape index (κ2) is 4.57. The van der Waals surface area contributed by atoms with Gasteiger partial charge in [-0.3, -0.25) is 4.79 Å². The molecule has 2 atom stereocenters. The third-order valence-electron chi connectivity index (χ3n) is 2.61. The van der Waals surface area contributed by atoms with Crippen molar-refractivity contribution < 1.29 is 4.79 Å². The fraction of sp³-hybridized carbons (Fsp3) is 0.667. The van der Waals surface area contributed by atoms with Gasteiger partial charge in [-0.1, -0.05) is 26.8 Å². The van der Waals surface area contributed by atoms with Gasteiger partial charge in [0.2, 0.25) is 0 Å². The standard InChI is InChI=1S/C9H12BrN3OS/c1-5-8(15-13-12-5)9(14)11-7-4-2-3-6(7)10/h6-7H,2-4H2,1H3,(H,11,14). The van der Waals surface area contributed by atoms with Crippen LogP contribution in [0.25, 0.3) is 0 Å². The lowest BCUT2D eigenvalue weighted by Gasteiger charge is -2.15. The molecule has 0 bridgehead atoms. The highest BCUT2D eigenvalue weighted by Crippen LogP contribution is 2.26. The molecule has 1 N–H and O–H groups in total. The summed E-state index contributed by atoms with van der Waals surface area (Å²) in [7, 11) is 0. The Hall–Kier alpha value is -0.490. The van der Waals surface area contributed by atoms with Gasteiger partial charge in [0.05, 0.1) is 5.69 Å². The van der Waals surface area contributed by atoms with Crippen molar-refractivity contribution in [1.82, 2.24) is 14.9 Å². The zero-order chi connectivity index (χ0) is 10.8. The molecular weight excluding hydrogens is 278 g/mol. The number of halogens is 1. The van der Waals surface area contributed by atoms with Crippen molar-refractivity contribution in [2.45, 2.75) is 37.1 Å². The SMILES string of the molecule is Cc1nnsc1C(=O)NC1CCCC1Br. The summed E-state index contributed by atoms with van der Waals surface area (Å²) in [6, 6.07) is 0.249. The quantitative estimate of drug-likeness (QED) is 0.846. The van der Waals surface area contributed by atoms with Gasteiger partial charge in [0.1, 0.15) is 4.88 Å². The number of carbonyl (C=O) groups is 1. The van der Waals surface area contributed by atoms with E-state index in [0.29, 0.717) is 15.4 Å². The van der Waals surface area contributed by atoms with Crippen LogP contribution in [0.2, 0.25) is 0 Å². The first-order valence-electron chi connectivity index (χ1n) is 4.92. The van der Waals surface area contributed by atoms with Crippen LogP contribution in [0, 0.1) is 6.92 Å². The van der Waals surface area contributed by atoms with Crippen LogP contribution in [-0.2, 0) is 0 Å². The van der Waals surface area contributed by atoms with Crippen LogP contribution in [0.3, 0.4) is 0 Å². The minimum absolute atomic E-state index is 0.0427. The molecule has 1 fully saturated rings. The maximum absolute atomic E-state index is 11.8. The lowest BCUT2D eigenvalue weighted by molar-refractivity contribution is 0.0942. The molecule has 0 aromatic carbocycles. The minimum atomic E-state index is -0.0427. The van der Waals surface area contributed by atoms with Gasteiger partial charge in [0.25, 0.3) is 5.91 Å². The molecule has 1 heterocycles. The molecule has 1 aromatic heterocycles. The molecule has 6 heteroatoms. The Bertz CT molecular complexity index is 368. The minimum Gasteiger partial charge on any atom is -0.347 e. The van der Waals surface area contributed by atoms with Gasteiger partial charge in [-0.05, 0) is 31.3 Å². The molecule has 1 aromatic rings. The fourth-order valence-electron chi connectivity index (χ4n) is 1.75. The van der Waals surface area contributed by atoms with Crippen LogP contribution < -0.4 is 5.32 Å². The number of aryl methyl sites for hydroxylation is 1. The molecule has 1 saturated carbocycles. The molecule has 0 spiro atoms. The van der Waals surface area contributed by atoms with Crippen molar-refractivity contribution >= 4 is 33.4 Å². The zero-order valence-electron chi connectivity index (χ0n) is 8.36. The van der Waals surface area contributed by atoms with Gasteiger partial charge in [0.15, 0.2) is 0 Å². The van der Waals surface area contributed by atoms with Crippen LogP contribution in [0.15, 0.2) is 0 Å². The van der Waals surface area contributed by atoms with Gasteiger partial charge < -0.3 is 5.32 Å². The predicted molar refractivity (Wildman–Crippen MR) is 62.5 cm³/mol. The molecule has 2 rings (SSSR count). The number of aromatic nitrogens is 2. The van der Waals surface area contributed by atoms with Gasteiger partial charge in [-0.15, -0.1) is 5.10 Å². The topological polar surface area (TPSA) is 54.9 Å². The molecule has 1 amide bonds. The first-order valence-corrected chi connectivity index (χ1v) is 6.61. The van der Waals surface area contributed by atoms with Gasteiger partial charge >= 0.3 is 0 Å². The Labute approximate surface area is 101 Å². The molecule has 82 valence electrons. The summed E-state index contributed by atoms with van der Waals surface area (Å²) < 4.78 is 3.76. The van der Waals surface area contributed by atoms with Crippen LogP contribution in [0.4, 0.5) is 0 Å². The van der Waals surface area contributed by atoms with Crippen molar-refractivity contribution in [3.63, 3.8) is 0 Å². The Morgan fingerprint density at radius 3 is 2.93 bits per heavy atom. The van der Waals surface area contributed by atoms with Crippen LogP contribution in [0.5, 0.6) is 0 Å². The van der Waals surface area contributed by atoms with Crippen molar-refractivity contribution in [1.29, 1.82) is 0 Å². The van der Waals surface area contributed by atoms with E-state index in [1.807, 2.05) is 0 Å². The van der Waals surface area contributed by atoms with Gasteiger partial charge in [-0.25, -0.2) is 0 Å². The second-order valence-corrected chi connectivity index (χ2v) is 5.64. The Morgan fingerprint density at radius 1 is 1.60 bits per heavy atom. The molecule has 1 aliphatic rings. The number of hydrogen-bond donors (Lipinski definition) is 1. The number of rotatable bonds is 2. The highest BCUT2D eigenvalue weighted by molar-refractivity contribution is 9.09. The highest BCUT2D eigenvalue weighted by Gasteiger charge is 2.27. The van der Waals surface area contributed by atoms with E-state index in [9.17, 15) is 4.79 Å². The maximum Gasteiger partial charge on any atom is 0.265 e. The number of amides is 1. The lowest BCUT2D eigenvalue weighted by Crippen LogP contribution is -2.37. The first-order chi connectivity index (χ1) is 7.18. The van der Waals surface area contributed by atoms with Crippen molar-refractivity contribution in [3.8, 4) is 0 Å². The molecule has 2 unspecified atom stereocenters. The average Bonchev–Trinajstić information content (AvgIpc) is 2.76. The summed E-state index contributed by atoms with van der Waals surface area (Å²) in [6.45, 7) is 1.80. The highest BCUT2D eigenvalue weighted by atomic mass is 79.9. The summed E-state index contributed by atoms with van der Waals surface area (Å²) in [5, 5.41) is 6.84. The summed E-state index contributed by atoms with van der Waals surface area (Å²) >= 11 is 4.73. The van der Waals surface area contributed by atoms with E-state index in [2.05, 4.69) is 30.8 Å². The molecule has 0 aliphatic heterocycles. The summed E-state index contributed by atoms with van der Waals surface area (Å²) in [5.74, 6) is -0.0427. The second-order valence-electron chi connectivity index (χ2n) is 3.71. The first kappa shape index (κ1) is 11.0. The number of carbonyl (C=O) groups excluding carboxylic acids is 1. The molecule has 15 heavy (non-hydrogen) atoms. The predicted octanol–water partition coefficient (Wildman–Crippen LogP) is 1.89. The van der Waals surface area contributed by atoms with Gasteiger partial charge in [-0.2, -0.15) is 0 Å². The molecular formula is C9H12BrN3OS. The van der Waals surface area contributed by atoms with E-state index in [1.165, 1.54) is 6.42 Å². The fourth-order valence-corrected chi connectivity index (χ4v) is 3.03. The van der Waals surface area contributed by atoms with Crippen LogP contribution in [0.1, 0.15) is 34.6 Å². The van der Waals surface area contributed by atoms with Crippen molar-refractivity contribution in [2.75, 3.05) is 0 Å². The monoisotopic (exact) mass is 289 g/mol. The summed E-state index contributed by atoms with van der Waals surface area (Å²) in [5.41, 5.74) is 0.710. The van der Waals surface area contributed by atoms with E-state index in [0.717, 1.165) is 24.4 Å². The molecule has 0 radical (unpaired) electrons. The van der Waals surface area contributed by atoms with Crippen molar-refractivity contribution in [2.24, 2.45) is 0 Å². The maximum atomic E-state index is 11.8. The van der Waals surface area contributed by atoms with E-state index >= 15 is 0 Å². The van der Waals surface area contributed by atoms with Gasteiger partial charge in [0, 0.05) is 10.9 Å². The van der Waals surface area contributed by atoms with E-state index in [-0.39, 0.29) is 11.9 Å². The molecule has 1 aliphatic carbocycles. The number of alkyl halides is 1. The Morgan fingerprint density at radius 2 is 2.40 bits per heavy atom. The summed E-state index contributed by atoms with van der Waals surface area (Å²) in [6.07, 6.45) is 3.35. The molecule has 0 saturated heterocycles. The number of nitrogens with one attached hydrogen (secondary N) is 1. The number of hydrogen-bond acceptors (Lipinski definition) is 4. The third kappa shape index (κ3) is 2.36. The Balaban J connectivity index is 2.01. The summed E-state index contributed by atoms with van der Waals surface area (Å²) in [4.78, 5) is 12.9. The Kier molecular flexibility index (Phi) is 3.35. The average molecular weight is 290 g/mol. The van der Waals surface area contributed by atoms with E-state index in [4.69, 9.17) is 0 Å². The van der Waals surface area contributed by atoms with E-state index < -0.39 is 0 Å². The van der Waals surface area contributed by atoms with Crippen LogP contribution in [-0.4, -0.2) is 26.4 Å². The smallest absolute Gasteiger partial charge is 0.265 e. The third-order valence-corrected chi connectivity index (χ3v) is 4.53. The van der Waals surface area contributed by atoms with E-state index in [1.54, 1.807) is 6.92 Å². The largest absolute Gasteiger partial charge is 0.347 e. The lowest BCUT2D eigenvalue weighted by atomic mass is 10.2. The zero-order valence-corrected chi connectivity index (χ0v) is 10.8. The normalized spacial score (nSPS) is 25.5. The van der Waals surface area contributed by atoms with Crippen LogP contribution >= 0.6 is 27.5 Å². The molecule has 4 nitrogen and oxygen atoms in total.